The van der Waals surface area contributed by atoms with Crippen LogP contribution in [0.3, 0.4) is 0 Å². The van der Waals surface area contributed by atoms with Crippen LogP contribution in [-0.4, -0.2) is 60.5 Å². The number of aromatic nitrogens is 2. The van der Waals surface area contributed by atoms with E-state index < -0.39 is 23.5 Å². The van der Waals surface area contributed by atoms with Crippen LogP contribution < -0.4 is 0 Å². The molecule has 1 aromatic heterocycles. The monoisotopic (exact) mass is 384 g/mol. The Hall–Kier alpha value is -1.26. The molecule has 0 amide bonds. The normalized spacial score (nSPS) is 21.4. The topological polar surface area (TPSA) is 100 Å². The van der Waals surface area contributed by atoms with Crippen LogP contribution in [0.2, 0.25) is 0 Å². The minimum Gasteiger partial charge on any atom is -0.481 e. The molecule has 2 aliphatic rings. The van der Waals surface area contributed by atoms with E-state index in [9.17, 15) is 9.90 Å². The largest absolute Gasteiger partial charge is 0.481 e. The Morgan fingerprint density at radius 3 is 2.35 bits per heavy atom. The molecular weight excluding hydrogens is 360 g/mol. The molecule has 144 valence electrons. The molecule has 1 aliphatic heterocycles. The van der Waals surface area contributed by atoms with Gasteiger partial charge in [-0.05, 0) is 19.1 Å². The van der Waals surface area contributed by atoms with Crippen LogP contribution in [0, 0.1) is 0 Å². The Labute approximate surface area is 156 Å². The van der Waals surface area contributed by atoms with Crippen molar-refractivity contribution < 1.29 is 28.8 Å². The fourth-order valence-electron chi connectivity index (χ4n) is 3.77. The van der Waals surface area contributed by atoms with Crippen molar-refractivity contribution in [1.29, 1.82) is 0 Å². The van der Waals surface area contributed by atoms with E-state index in [0.717, 1.165) is 0 Å². The highest BCUT2D eigenvalue weighted by molar-refractivity contribution is 7.98. The molecule has 1 aliphatic carbocycles. The number of rotatable bonds is 6. The van der Waals surface area contributed by atoms with Crippen molar-refractivity contribution in [2.75, 3.05) is 33.7 Å². The van der Waals surface area contributed by atoms with Crippen molar-refractivity contribution >= 4 is 17.7 Å². The summed E-state index contributed by atoms with van der Waals surface area (Å²) < 4.78 is 22.2. The highest BCUT2D eigenvalue weighted by Crippen LogP contribution is 2.48. The summed E-state index contributed by atoms with van der Waals surface area (Å²) in [7, 11) is 3.01. The van der Waals surface area contributed by atoms with Gasteiger partial charge in [-0.25, -0.2) is 9.97 Å². The van der Waals surface area contributed by atoms with Crippen LogP contribution in [0.15, 0.2) is 11.4 Å². The molecule has 1 saturated heterocycles. The molecule has 1 spiro atoms. The van der Waals surface area contributed by atoms with Crippen molar-refractivity contribution in [2.24, 2.45) is 0 Å². The minimum absolute atomic E-state index is 0.361. The standard InChI is InChI=1S/C17H24N2O6S/c1-22-13(23-2)11-10-18-15(26-3)19-12(11)16(14(20)21)4-6-17(7-5-16)24-8-9-25-17/h10,13H,4-9H2,1-3H3,(H,20,21). The Bertz CT molecular complexity index is 651. The fraction of sp³-hybridized carbons (Fsp3) is 0.706. The van der Waals surface area contributed by atoms with Gasteiger partial charge in [0, 0.05) is 38.8 Å². The summed E-state index contributed by atoms with van der Waals surface area (Å²) >= 11 is 1.37. The molecule has 0 radical (unpaired) electrons. The maximum absolute atomic E-state index is 12.4. The predicted octanol–water partition coefficient (Wildman–Crippen LogP) is 2.13. The third-order valence-corrected chi connectivity index (χ3v) is 5.76. The molecule has 3 rings (SSSR count). The summed E-state index contributed by atoms with van der Waals surface area (Å²) in [5, 5.41) is 10.7. The van der Waals surface area contributed by atoms with Crippen LogP contribution in [0.4, 0.5) is 0 Å². The first-order valence-corrected chi connectivity index (χ1v) is 9.71. The first-order chi connectivity index (χ1) is 12.5. The molecule has 0 aromatic carbocycles. The summed E-state index contributed by atoms with van der Waals surface area (Å²) in [6, 6.07) is 0. The number of carbonyl (C=O) groups is 1. The van der Waals surface area contributed by atoms with Crippen LogP contribution in [-0.2, 0) is 29.2 Å². The average molecular weight is 384 g/mol. The molecule has 1 saturated carbocycles. The van der Waals surface area contributed by atoms with E-state index >= 15 is 0 Å². The number of carboxylic acid groups (broad SMARTS) is 1. The van der Waals surface area contributed by atoms with Gasteiger partial charge in [-0.2, -0.15) is 0 Å². The van der Waals surface area contributed by atoms with Gasteiger partial charge in [-0.1, -0.05) is 11.8 Å². The van der Waals surface area contributed by atoms with Gasteiger partial charge in [0.25, 0.3) is 0 Å². The second-order valence-electron chi connectivity index (χ2n) is 6.46. The van der Waals surface area contributed by atoms with E-state index in [0.29, 0.717) is 55.3 Å². The van der Waals surface area contributed by atoms with E-state index in [1.807, 2.05) is 6.26 Å². The van der Waals surface area contributed by atoms with Crippen molar-refractivity contribution in [3.8, 4) is 0 Å². The number of hydrogen-bond acceptors (Lipinski definition) is 8. The lowest BCUT2D eigenvalue weighted by Gasteiger charge is -2.41. The quantitative estimate of drug-likeness (QED) is 0.449. The Balaban J connectivity index is 2.03. The van der Waals surface area contributed by atoms with E-state index in [2.05, 4.69) is 9.97 Å². The second kappa shape index (κ2) is 7.77. The van der Waals surface area contributed by atoms with Crippen LogP contribution in [0.1, 0.15) is 43.2 Å². The van der Waals surface area contributed by atoms with E-state index in [4.69, 9.17) is 18.9 Å². The third kappa shape index (κ3) is 3.34. The van der Waals surface area contributed by atoms with E-state index in [1.165, 1.54) is 26.0 Å². The molecule has 2 heterocycles. The summed E-state index contributed by atoms with van der Waals surface area (Å²) in [4.78, 5) is 21.3. The first kappa shape index (κ1) is 19.5. The third-order valence-electron chi connectivity index (χ3n) is 5.20. The van der Waals surface area contributed by atoms with Crippen molar-refractivity contribution in [1.82, 2.24) is 9.97 Å². The zero-order chi connectivity index (χ0) is 18.8. The Morgan fingerprint density at radius 1 is 1.23 bits per heavy atom. The molecule has 26 heavy (non-hydrogen) atoms. The molecule has 0 bridgehead atoms. The zero-order valence-corrected chi connectivity index (χ0v) is 16.0. The number of methoxy groups -OCH3 is 2. The smallest absolute Gasteiger partial charge is 0.315 e. The highest BCUT2D eigenvalue weighted by atomic mass is 32.2. The van der Waals surface area contributed by atoms with Gasteiger partial charge in [-0.15, -0.1) is 0 Å². The van der Waals surface area contributed by atoms with Gasteiger partial charge in [0.2, 0.25) is 0 Å². The van der Waals surface area contributed by atoms with Gasteiger partial charge >= 0.3 is 5.97 Å². The Kier molecular flexibility index (Phi) is 5.83. The van der Waals surface area contributed by atoms with Gasteiger partial charge in [0.15, 0.2) is 17.2 Å². The van der Waals surface area contributed by atoms with Crippen molar-refractivity contribution in [3.05, 3.63) is 17.5 Å². The molecule has 0 atom stereocenters. The number of aliphatic carboxylic acids is 1. The zero-order valence-electron chi connectivity index (χ0n) is 15.2. The summed E-state index contributed by atoms with van der Waals surface area (Å²) in [6.45, 7) is 1.09. The van der Waals surface area contributed by atoms with Gasteiger partial charge < -0.3 is 24.1 Å². The number of ether oxygens (including phenoxy) is 4. The number of thioether (sulfide) groups is 1. The van der Waals surface area contributed by atoms with Gasteiger partial charge in [0.1, 0.15) is 5.41 Å². The molecule has 9 heteroatoms. The maximum atomic E-state index is 12.4. The lowest BCUT2D eigenvalue weighted by molar-refractivity contribution is -0.190. The molecular formula is C17H24N2O6S. The number of carboxylic acids is 1. The molecule has 1 aromatic rings. The summed E-state index contributed by atoms with van der Waals surface area (Å²) in [6.07, 6.45) is 4.45. The van der Waals surface area contributed by atoms with Crippen molar-refractivity contribution in [3.63, 3.8) is 0 Å². The van der Waals surface area contributed by atoms with Crippen molar-refractivity contribution in [2.45, 2.75) is 48.3 Å². The minimum atomic E-state index is -1.15. The first-order valence-electron chi connectivity index (χ1n) is 8.48. The van der Waals surface area contributed by atoms with Crippen LogP contribution in [0.5, 0.6) is 0 Å². The van der Waals surface area contributed by atoms with E-state index in [-0.39, 0.29) is 0 Å². The molecule has 2 fully saturated rings. The molecule has 0 unspecified atom stereocenters. The van der Waals surface area contributed by atoms with Crippen LogP contribution in [0.25, 0.3) is 0 Å². The van der Waals surface area contributed by atoms with Crippen LogP contribution >= 0.6 is 11.8 Å². The number of nitrogens with zero attached hydrogens (tertiary/aromatic N) is 2. The SMILES string of the molecule is COC(OC)c1cnc(SC)nc1C1(C(=O)O)CCC2(CC1)OCCO2. The summed E-state index contributed by atoms with van der Waals surface area (Å²) in [5.41, 5.74) is -0.163. The number of hydrogen-bond donors (Lipinski definition) is 1. The highest BCUT2D eigenvalue weighted by Gasteiger charge is 2.53. The average Bonchev–Trinajstić information content (AvgIpc) is 3.12. The second-order valence-corrected chi connectivity index (χ2v) is 7.23. The Morgan fingerprint density at radius 2 is 1.85 bits per heavy atom. The van der Waals surface area contributed by atoms with Gasteiger partial charge in [0.05, 0.1) is 18.9 Å². The summed E-state index contributed by atoms with van der Waals surface area (Å²) in [5.74, 6) is -1.57. The maximum Gasteiger partial charge on any atom is 0.315 e. The molecule has 8 nitrogen and oxygen atoms in total. The van der Waals surface area contributed by atoms with E-state index in [1.54, 1.807) is 6.20 Å². The predicted molar refractivity (Wildman–Crippen MR) is 93.0 cm³/mol. The van der Waals surface area contributed by atoms with Gasteiger partial charge in [-0.3, -0.25) is 4.79 Å². The fourth-order valence-corrected chi connectivity index (χ4v) is 4.12. The molecule has 1 N–H and O–H groups in total. The lowest BCUT2D eigenvalue weighted by Crippen LogP contribution is -2.47. The lowest BCUT2D eigenvalue weighted by atomic mass is 9.68.